The molecule has 2 heterocycles. The van der Waals surface area contributed by atoms with E-state index in [1.165, 1.54) is 33.3 Å². The van der Waals surface area contributed by atoms with Crippen molar-refractivity contribution in [2.75, 3.05) is 7.05 Å². The third kappa shape index (κ3) is 3.42. The zero-order valence-electron chi connectivity index (χ0n) is 16.7. The predicted molar refractivity (Wildman–Crippen MR) is 116 cm³/mol. The molecule has 4 heteroatoms. The van der Waals surface area contributed by atoms with Crippen molar-refractivity contribution in [1.82, 2.24) is 15.3 Å². The van der Waals surface area contributed by atoms with Crippen LogP contribution in [0.3, 0.4) is 0 Å². The maximum absolute atomic E-state index is 9.43. The van der Waals surface area contributed by atoms with E-state index in [4.69, 9.17) is 0 Å². The van der Waals surface area contributed by atoms with Crippen molar-refractivity contribution in [2.45, 2.75) is 39.2 Å². The van der Waals surface area contributed by atoms with Gasteiger partial charge in [0.25, 0.3) is 0 Å². The van der Waals surface area contributed by atoms with Crippen LogP contribution in [0.2, 0.25) is 0 Å². The SMILES string of the molecule is CNCc1cc(C(C)C)cc2cc(CCc3cc(C#N)c4[nH]ccc4c3)[nH]c12. The van der Waals surface area contributed by atoms with Crippen molar-refractivity contribution in [3.8, 4) is 6.07 Å². The van der Waals surface area contributed by atoms with E-state index in [1.54, 1.807) is 0 Å². The number of rotatable bonds is 6. The van der Waals surface area contributed by atoms with Crippen LogP contribution in [0.1, 0.15) is 47.7 Å². The third-order valence-corrected chi connectivity index (χ3v) is 5.44. The molecule has 2 aromatic heterocycles. The molecule has 0 unspecified atom stereocenters. The molecule has 0 saturated carbocycles. The molecule has 0 aliphatic rings. The van der Waals surface area contributed by atoms with Gasteiger partial charge in [-0.2, -0.15) is 5.26 Å². The molecule has 0 aliphatic heterocycles. The first-order valence-electron chi connectivity index (χ1n) is 9.88. The summed E-state index contributed by atoms with van der Waals surface area (Å²) in [5.74, 6) is 0.510. The van der Waals surface area contributed by atoms with E-state index in [0.29, 0.717) is 11.5 Å². The Morgan fingerprint density at radius 1 is 1.04 bits per heavy atom. The number of fused-ring (bicyclic) bond motifs is 2. The molecule has 0 atom stereocenters. The molecule has 0 fully saturated rings. The minimum Gasteiger partial charge on any atom is -0.360 e. The molecule has 0 spiro atoms. The fraction of sp³-hybridized carbons (Fsp3) is 0.292. The number of nitriles is 1. The van der Waals surface area contributed by atoms with E-state index >= 15 is 0 Å². The van der Waals surface area contributed by atoms with Gasteiger partial charge in [-0.3, -0.25) is 0 Å². The number of hydrogen-bond acceptors (Lipinski definition) is 2. The number of aryl methyl sites for hydroxylation is 2. The zero-order valence-corrected chi connectivity index (χ0v) is 16.7. The van der Waals surface area contributed by atoms with Crippen LogP contribution in [0.15, 0.2) is 42.6 Å². The van der Waals surface area contributed by atoms with Crippen molar-refractivity contribution >= 4 is 21.8 Å². The second-order valence-corrected chi connectivity index (χ2v) is 7.82. The second-order valence-electron chi connectivity index (χ2n) is 7.82. The topological polar surface area (TPSA) is 67.4 Å². The smallest absolute Gasteiger partial charge is 0.101 e. The molecule has 3 N–H and O–H groups in total. The van der Waals surface area contributed by atoms with Gasteiger partial charge in [-0.25, -0.2) is 0 Å². The Balaban J connectivity index is 1.63. The fourth-order valence-corrected chi connectivity index (χ4v) is 3.95. The molecule has 0 amide bonds. The highest BCUT2D eigenvalue weighted by molar-refractivity contribution is 5.86. The Labute approximate surface area is 165 Å². The van der Waals surface area contributed by atoms with Crippen LogP contribution in [-0.2, 0) is 19.4 Å². The van der Waals surface area contributed by atoms with Crippen LogP contribution in [0.4, 0.5) is 0 Å². The number of hydrogen-bond donors (Lipinski definition) is 3. The molecule has 0 radical (unpaired) electrons. The lowest BCUT2D eigenvalue weighted by atomic mass is 9.98. The quantitative estimate of drug-likeness (QED) is 0.439. The first-order chi connectivity index (χ1) is 13.6. The first-order valence-corrected chi connectivity index (χ1v) is 9.88. The molecule has 0 saturated heterocycles. The molecule has 2 aromatic carbocycles. The largest absolute Gasteiger partial charge is 0.360 e. The summed E-state index contributed by atoms with van der Waals surface area (Å²) in [6, 6.07) is 15.4. The molecule has 4 nitrogen and oxygen atoms in total. The number of H-pyrrole nitrogens is 2. The van der Waals surface area contributed by atoms with E-state index in [9.17, 15) is 5.26 Å². The molecular formula is C24H26N4. The number of nitrogens with one attached hydrogen (secondary N) is 3. The van der Waals surface area contributed by atoms with E-state index in [-0.39, 0.29) is 0 Å². The van der Waals surface area contributed by atoms with E-state index in [0.717, 1.165) is 30.3 Å². The van der Waals surface area contributed by atoms with Gasteiger partial charge in [0.15, 0.2) is 0 Å². The Morgan fingerprint density at radius 2 is 1.89 bits per heavy atom. The van der Waals surface area contributed by atoms with Crippen LogP contribution < -0.4 is 5.32 Å². The van der Waals surface area contributed by atoms with Crippen LogP contribution in [-0.4, -0.2) is 17.0 Å². The van der Waals surface area contributed by atoms with Gasteiger partial charge >= 0.3 is 0 Å². The van der Waals surface area contributed by atoms with Crippen molar-refractivity contribution in [3.05, 3.63) is 70.5 Å². The highest BCUT2D eigenvalue weighted by Gasteiger charge is 2.11. The standard InChI is InChI=1S/C24H26N4/c1-15(2)18-10-19-12-22(28-24(19)21(11-18)14-26-3)5-4-16-8-17-6-7-27-23(17)20(9-16)13-25/h6-12,15,26-28H,4-5,14H2,1-3H3. The monoisotopic (exact) mass is 370 g/mol. The molecule has 4 aromatic rings. The highest BCUT2D eigenvalue weighted by Crippen LogP contribution is 2.27. The fourth-order valence-electron chi connectivity index (χ4n) is 3.95. The Hall–Kier alpha value is -3.03. The highest BCUT2D eigenvalue weighted by atomic mass is 14.8. The van der Waals surface area contributed by atoms with Crippen LogP contribution >= 0.6 is 0 Å². The summed E-state index contributed by atoms with van der Waals surface area (Å²) < 4.78 is 0. The lowest BCUT2D eigenvalue weighted by Gasteiger charge is -2.10. The van der Waals surface area contributed by atoms with Gasteiger partial charge in [0.05, 0.1) is 16.6 Å². The summed E-state index contributed by atoms with van der Waals surface area (Å²) in [6.07, 6.45) is 3.72. The van der Waals surface area contributed by atoms with E-state index < -0.39 is 0 Å². The maximum atomic E-state index is 9.43. The van der Waals surface area contributed by atoms with Gasteiger partial charge in [0.2, 0.25) is 0 Å². The van der Waals surface area contributed by atoms with Gasteiger partial charge in [-0.05, 0) is 72.8 Å². The average Bonchev–Trinajstić information content (AvgIpc) is 3.32. The van der Waals surface area contributed by atoms with Gasteiger partial charge in [0.1, 0.15) is 6.07 Å². The molecular weight excluding hydrogens is 344 g/mol. The second kappa shape index (κ2) is 7.53. The van der Waals surface area contributed by atoms with Crippen molar-refractivity contribution < 1.29 is 0 Å². The van der Waals surface area contributed by atoms with Gasteiger partial charge in [-0.15, -0.1) is 0 Å². The Bertz CT molecular complexity index is 1170. The molecule has 28 heavy (non-hydrogen) atoms. The van der Waals surface area contributed by atoms with Crippen LogP contribution in [0.5, 0.6) is 0 Å². The molecule has 0 aliphatic carbocycles. The number of nitrogens with zero attached hydrogens (tertiary/aromatic N) is 1. The number of aromatic nitrogens is 2. The number of benzene rings is 2. The van der Waals surface area contributed by atoms with E-state index in [2.05, 4.69) is 59.5 Å². The van der Waals surface area contributed by atoms with Gasteiger partial charge in [0, 0.05) is 29.2 Å². The third-order valence-electron chi connectivity index (χ3n) is 5.44. The molecule has 4 rings (SSSR count). The predicted octanol–water partition coefficient (Wildman–Crippen LogP) is 5.15. The minimum absolute atomic E-state index is 0.510. The Kier molecular flexibility index (Phi) is 4.93. The summed E-state index contributed by atoms with van der Waals surface area (Å²) in [7, 11) is 1.99. The first kappa shape index (κ1) is 18.3. The van der Waals surface area contributed by atoms with Crippen molar-refractivity contribution in [1.29, 1.82) is 5.26 Å². The van der Waals surface area contributed by atoms with Crippen LogP contribution in [0, 0.1) is 11.3 Å². The van der Waals surface area contributed by atoms with E-state index in [1.807, 2.05) is 25.4 Å². The van der Waals surface area contributed by atoms with Crippen molar-refractivity contribution in [3.63, 3.8) is 0 Å². The average molecular weight is 370 g/mol. The Morgan fingerprint density at radius 3 is 2.64 bits per heavy atom. The van der Waals surface area contributed by atoms with Crippen molar-refractivity contribution in [2.24, 2.45) is 0 Å². The summed E-state index contributed by atoms with van der Waals surface area (Å²) in [5, 5.41) is 15.1. The maximum Gasteiger partial charge on any atom is 0.101 e. The summed E-state index contributed by atoms with van der Waals surface area (Å²) in [4.78, 5) is 6.79. The molecule has 0 bridgehead atoms. The van der Waals surface area contributed by atoms with Gasteiger partial charge < -0.3 is 15.3 Å². The normalized spacial score (nSPS) is 11.5. The lowest BCUT2D eigenvalue weighted by molar-refractivity contribution is 0.811. The number of aromatic amines is 2. The van der Waals surface area contributed by atoms with Gasteiger partial charge in [-0.1, -0.05) is 19.9 Å². The summed E-state index contributed by atoms with van der Waals surface area (Å²) >= 11 is 0. The zero-order chi connectivity index (χ0) is 19.7. The minimum atomic E-state index is 0.510. The summed E-state index contributed by atoms with van der Waals surface area (Å²) in [5.41, 5.74) is 7.99. The summed E-state index contributed by atoms with van der Waals surface area (Å²) in [6.45, 7) is 5.33. The van der Waals surface area contributed by atoms with Crippen LogP contribution in [0.25, 0.3) is 21.8 Å². The molecule has 142 valence electrons. The lowest BCUT2D eigenvalue weighted by Crippen LogP contribution is -2.06.